The molecule has 0 bridgehead atoms. The van der Waals surface area contributed by atoms with Gasteiger partial charge in [-0.25, -0.2) is 4.98 Å². The van der Waals surface area contributed by atoms with Crippen LogP contribution in [0.5, 0.6) is 5.88 Å². The van der Waals surface area contributed by atoms with Crippen LogP contribution in [0.3, 0.4) is 0 Å². The predicted molar refractivity (Wildman–Crippen MR) is 85.8 cm³/mol. The van der Waals surface area contributed by atoms with E-state index in [9.17, 15) is 0 Å². The van der Waals surface area contributed by atoms with Crippen LogP contribution < -0.4 is 10.1 Å². The number of aryl methyl sites for hydroxylation is 1. The molecule has 2 aromatic rings. The molecule has 0 fully saturated rings. The van der Waals surface area contributed by atoms with Crippen molar-refractivity contribution in [2.45, 2.75) is 40.2 Å². The summed E-state index contributed by atoms with van der Waals surface area (Å²) in [5.74, 6) is 1.77. The Bertz CT molecular complexity index is 579. The van der Waals surface area contributed by atoms with Crippen molar-refractivity contribution in [1.82, 2.24) is 9.97 Å². The predicted octanol–water partition coefficient (Wildman–Crippen LogP) is 3.92. The molecule has 0 radical (unpaired) electrons. The Hall–Kier alpha value is -2.10. The van der Waals surface area contributed by atoms with Crippen molar-refractivity contribution >= 4 is 5.95 Å². The lowest BCUT2D eigenvalue weighted by Gasteiger charge is -2.10. The molecule has 1 aromatic heterocycles. The molecule has 2 rings (SSSR count). The smallest absolute Gasteiger partial charge is 0.226 e. The number of rotatable bonds is 6. The van der Waals surface area contributed by atoms with Crippen LogP contribution in [0.25, 0.3) is 0 Å². The second-order valence-corrected chi connectivity index (χ2v) is 5.35. The van der Waals surface area contributed by atoms with Gasteiger partial charge in [-0.1, -0.05) is 38.1 Å². The molecule has 0 unspecified atom stereocenters. The van der Waals surface area contributed by atoms with E-state index in [1.54, 1.807) is 0 Å². The van der Waals surface area contributed by atoms with Crippen LogP contribution in [0.4, 0.5) is 5.95 Å². The highest BCUT2D eigenvalue weighted by molar-refractivity contribution is 5.33. The number of anilines is 1. The Kier molecular flexibility index (Phi) is 5.14. The SMILES string of the molecule is CCOc1cc(C)nc(NCc2ccc(C(C)C)cc2)n1. The maximum Gasteiger partial charge on any atom is 0.226 e. The first-order valence-electron chi connectivity index (χ1n) is 7.39. The van der Waals surface area contributed by atoms with E-state index in [-0.39, 0.29) is 0 Å². The Morgan fingerprint density at radius 2 is 1.86 bits per heavy atom. The number of ether oxygens (including phenoxy) is 1. The molecule has 0 saturated heterocycles. The zero-order valence-electron chi connectivity index (χ0n) is 13.2. The summed E-state index contributed by atoms with van der Waals surface area (Å²) >= 11 is 0. The summed E-state index contributed by atoms with van der Waals surface area (Å²) in [6.07, 6.45) is 0. The summed E-state index contributed by atoms with van der Waals surface area (Å²) in [5, 5.41) is 3.25. The van der Waals surface area contributed by atoms with Gasteiger partial charge < -0.3 is 10.1 Å². The minimum atomic E-state index is 0.556. The van der Waals surface area contributed by atoms with Gasteiger partial charge in [0, 0.05) is 18.3 Å². The van der Waals surface area contributed by atoms with Crippen LogP contribution in [0.15, 0.2) is 30.3 Å². The highest BCUT2D eigenvalue weighted by Crippen LogP contribution is 2.16. The monoisotopic (exact) mass is 285 g/mol. The van der Waals surface area contributed by atoms with Crippen molar-refractivity contribution in [2.75, 3.05) is 11.9 Å². The number of hydrogen-bond donors (Lipinski definition) is 1. The summed E-state index contributed by atoms with van der Waals surface area (Å²) < 4.78 is 5.43. The Morgan fingerprint density at radius 1 is 1.14 bits per heavy atom. The van der Waals surface area contributed by atoms with Gasteiger partial charge in [-0.15, -0.1) is 0 Å². The fraction of sp³-hybridized carbons (Fsp3) is 0.412. The van der Waals surface area contributed by atoms with Crippen molar-refractivity contribution in [3.05, 3.63) is 47.2 Å². The van der Waals surface area contributed by atoms with Crippen LogP contribution in [-0.2, 0) is 6.54 Å². The standard InChI is InChI=1S/C17H23N3O/c1-5-21-16-10-13(4)19-17(20-16)18-11-14-6-8-15(9-7-14)12(2)3/h6-10,12H,5,11H2,1-4H3,(H,18,19,20). The molecule has 0 aliphatic rings. The molecular weight excluding hydrogens is 262 g/mol. The zero-order chi connectivity index (χ0) is 15.2. The number of nitrogens with one attached hydrogen (secondary N) is 1. The maximum absolute atomic E-state index is 5.43. The summed E-state index contributed by atoms with van der Waals surface area (Å²) in [6.45, 7) is 9.58. The van der Waals surface area contributed by atoms with Crippen molar-refractivity contribution in [1.29, 1.82) is 0 Å². The molecule has 4 nitrogen and oxygen atoms in total. The average molecular weight is 285 g/mol. The second kappa shape index (κ2) is 7.07. The molecular formula is C17H23N3O. The largest absolute Gasteiger partial charge is 0.478 e. The fourth-order valence-electron chi connectivity index (χ4n) is 2.04. The first-order valence-corrected chi connectivity index (χ1v) is 7.39. The number of nitrogens with zero attached hydrogens (tertiary/aromatic N) is 2. The molecule has 0 amide bonds. The highest BCUT2D eigenvalue weighted by atomic mass is 16.5. The van der Waals surface area contributed by atoms with Gasteiger partial charge in [-0.2, -0.15) is 4.98 Å². The minimum Gasteiger partial charge on any atom is -0.478 e. The van der Waals surface area contributed by atoms with Crippen molar-refractivity contribution in [3.8, 4) is 5.88 Å². The Balaban J connectivity index is 2.02. The molecule has 1 heterocycles. The lowest BCUT2D eigenvalue weighted by molar-refractivity contribution is 0.326. The summed E-state index contributed by atoms with van der Waals surface area (Å²) in [5.41, 5.74) is 3.46. The molecule has 4 heteroatoms. The van der Waals surface area contributed by atoms with E-state index < -0.39 is 0 Å². The van der Waals surface area contributed by atoms with E-state index in [2.05, 4.69) is 53.4 Å². The fourth-order valence-corrected chi connectivity index (χ4v) is 2.04. The molecule has 0 atom stereocenters. The van der Waals surface area contributed by atoms with Crippen LogP contribution in [0.1, 0.15) is 43.5 Å². The summed E-state index contributed by atoms with van der Waals surface area (Å²) in [7, 11) is 0. The van der Waals surface area contributed by atoms with Crippen LogP contribution in [0, 0.1) is 6.92 Å². The minimum absolute atomic E-state index is 0.556. The lowest BCUT2D eigenvalue weighted by Crippen LogP contribution is -2.06. The van der Waals surface area contributed by atoms with E-state index in [1.165, 1.54) is 11.1 Å². The molecule has 0 saturated carbocycles. The first-order chi connectivity index (χ1) is 10.1. The van der Waals surface area contributed by atoms with Crippen molar-refractivity contribution in [2.24, 2.45) is 0 Å². The Labute approximate surface area is 126 Å². The zero-order valence-corrected chi connectivity index (χ0v) is 13.2. The summed E-state index contributed by atoms with van der Waals surface area (Å²) in [6, 6.07) is 10.5. The molecule has 0 aliphatic carbocycles. The van der Waals surface area contributed by atoms with E-state index >= 15 is 0 Å². The van der Waals surface area contributed by atoms with E-state index in [0.717, 1.165) is 5.69 Å². The number of benzene rings is 1. The van der Waals surface area contributed by atoms with Gasteiger partial charge in [0.2, 0.25) is 11.8 Å². The third-order valence-electron chi connectivity index (χ3n) is 3.22. The van der Waals surface area contributed by atoms with Gasteiger partial charge in [0.25, 0.3) is 0 Å². The number of hydrogen-bond acceptors (Lipinski definition) is 4. The third kappa shape index (κ3) is 4.45. The normalized spacial score (nSPS) is 10.7. The van der Waals surface area contributed by atoms with Crippen molar-refractivity contribution < 1.29 is 4.74 Å². The van der Waals surface area contributed by atoms with Crippen LogP contribution in [0.2, 0.25) is 0 Å². The topological polar surface area (TPSA) is 47.0 Å². The van der Waals surface area contributed by atoms with Gasteiger partial charge in [0.05, 0.1) is 6.61 Å². The lowest BCUT2D eigenvalue weighted by atomic mass is 10.0. The van der Waals surface area contributed by atoms with E-state index in [0.29, 0.717) is 30.9 Å². The maximum atomic E-state index is 5.43. The second-order valence-electron chi connectivity index (χ2n) is 5.35. The molecule has 0 aliphatic heterocycles. The summed E-state index contributed by atoms with van der Waals surface area (Å²) in [4.78, 5) is 8.71. The van der Waals surface area contributed by atoms with Crippen LogP contribution >= 0.6 is 0 Å². The molecule has 1 N–H and O–H groups in total. The Morgan fingerprint density at radius 3 is 2.48 bits per heavy atom. The molecule has 0 spiro atoms. The third-order valence-corrected chi connectivity index (χ3v) is 3.22. The van der Waals surface area contributed by atoms with Crippen LogP contribution in [-0.4, -0.2) is 16.6 Å². The van der Waals surface area contributed by atoms with Gasteiger partial charge >= 0.3 is 0 Å². The van der Waals surface area contributed by atoms with E-state index in [4.69, 9.17) is 4.74 Å². The van der Waals surface area contributed by atoms with Gasteiger partial charge in [0.15, 0.2) is 0 Å². The quantitative estimate of drug-likeness (QED) is 0.874. The molecule has 112 valence electrons. The average Bonchev–Trinajstić information content (AvgIpc) is 2.45. The first kappa shape index (κ1) is 15.3. The van der Waals surface area contributed by atoms with Gasteiger partial charge in [0.1, 0.15) is 0 Å². The van der Waals surface area contributed by atoms with Gasteiger partial charge in [-0.05, 0) is 30.9 Å². The number of aromatic nitrogens is 2. The highest BCUT2D eigenvalue weighted by Gasteiger charge is 2.03. The molecule has 21 heavy (non-hydrogen) atoms. The van der Waals surface area contributed by atoms with Gasteiger partial charge in [-0.3, -0.25) is 0 Å². The van der Waals surface area contributed by atoms with Crippen molar-refractivity contribution in [3.63, 3.8) is 0 Å². The van der Waals surface area contributed by atoms with E-state index in [1.807, 2.05) is 19.9 Å². The molecule has 1 aromatic carbocycles.